The molecule has 1 saturated heterocycles. The number of nitrogens with zero attached hydrogens (tertiary/aromatic N) is 2. The van der Waals surface area contributed by atoms with Crippen LogP contribution in [0.5, 0.6) is 5.75 Å². The van der Waals surface area contributed by atoms with Crippen LogP contribution in [0.2, 0.25) is 0 Å². The maximum Gasteiger partial charge on any atom is 0.302 e. The van der Waals surface area contributed by atoms with E-state index in [1.807, 2.05) is 62.4 Å². The first-order chi connectivity index (χ1) is 17.0. The van der Waals surface area contributed by atoms with Crippen molar-refractivity contribution in [2.24, 2.45) is 0 Å². The fraction of sp³-hybridized carbons (Fsp3) is 0.179. The van der Waals surface area contributed by atoms with Crippen LogP contribution >= 0.6 is 0 Å². The van der Waals surface area contributed by atoms with Gasteiger partial charge in [0.1, 0.15) is 11.5 Å². The van der Waals surface area contributed by atoms with Crippen LogP contribution in [0.4, 0.5) is 5.95 Å². The van der Waals surface area contributed by atoms with Crippen molar-refractivity contribution in [3.63, 3.8) is 0 Å². The van der Waals surface area contributed by atoms with Crippen molar-refractivity contribution in [2.45, 2.75) is 26.3 Å². The number of fused-ring (bicyclic) bond motifs is 1. The van der Waals surface area contributed by atoms with E-state index in [0.717, 1.165) is 17.5 Å². The molecule has 4 aromatic rings. The molecule has 0 radical (unpaired) electrons. The molecule has 0 saturated carbocycles. The van der Waals surface area contributed by atoms with Crippen LogP contribution < -0.4 is 9.64 Å². The third kappa shape index (κ3) is 4.05. The molecule has 1 atom stereocenters. The Kier molecular flexibility index (Phi) is 5.82. The fourth-order valence-electron chi connectivity index (χ4n) is 4.33. The minimum atomic E-state index is -0.849. The number of rotatable bonds is 6. The van der Waals surface area contributed by atoms with E-state index in [-0.39, 0.29) is 17.3 Å². The molecule has 1 aliphatic heterocycles. The van der Waals surface area contributed by atoms with E-state index in [9.17, 15) is 14.7 Å². The fourth-order valence-corrected chi connectivity index (χ4v) is 4.33. The summed E-state index contributed by atoms with van der Waals surface area (Å²) in [4.78, 5) is 35.8. The number of anilines is 1. The number of ether oxygens (including phenoxy) is 1. The largest absolute Gasteiger partial charge is 0.507 e. The summed E-state index contributed by atoms with van der Waals surface area (Å²) < 4.78 is 5.69. The molecule has 1 aromatic heterocycles. The maximum atomic E-state index is 13.3. The smallest absolute Gasteiger partial charge is 0.302 e. The van der Waals surface area contributed by atoms with Crippen LogP contribution in [0.15, 0.2) is 78.4 Å². The van der Waals surface area contributed by atoms with Crippen molar-refractivity contribution in [3.8, 4) is 5.75 Å². The maximum absolute atomic E-state index is 13.3. The number of nitrogens with one attached hydrogen (secondary N) is 1. The number of amides is 1. The van der Waals surface area contributed by atoms with Crippen LogP contribution in [0.25, 0.3) is 16.8 Å². The van der Waals surface area contributed by atoms with E-state index in [1.54, 1.807) is 24.3 Å². The molecule has 1 amide bonds. The van der Waals surface area contributed by atoms with Crippen molar-refractivity contribution >= 4 is 34.4 Å². The highest BCUT2D eigenvalue weighted by Crippen LogP contribution is 2.41. The molecule has 7 nitrogen and oxygen atoms in total. The minimum absolute atomic E-state index is 0.00507. The normalized spacial score (nSPS) is 17.3. The Morgan fingerprint density at radius 2 is 1.86 bits per heavy atom. The highest BCUT2D eigenvalue weighted by Gasteiger charge is 2.48. The number of aryl methyl sites for hydroxylation is 1. The van der Waals surface area contributed by atoms with E-state index in [2.05, 4.69) is 9.97 Å². The summed E-state index contributed by atoms with van der Waals surface area (Å²) in [6.45, 7) is 4.50. The minimum Gasteiger partial charge on any atom is -0.507 e. The molecule has 1 unspecified atom stereocenters. The number of imidazole rings is 1. The zero-order chi connectivity index (χ0) is 24.5. The molecule has 2 N–H and O–H groups in total. The van der Waals surface area contributed by atoms with Gasteiger partial charge in [-0.1, -0.05) is 55.5 Å². The lowest BCUT2D eigenvalue weighted by molar-refractivity contribution is -0.132. The van der Waals surface area contributed by atoms with Gasteiger partial charge >= 0.3 is 5.91 Å². The van der Waals surface area contributed by atoms with Crippen molar-refractivity contribution in [1.29, 1.82) is 0 Å². The van der Waals surface area contributed by atoms with Gasteiger partial charge in [0.2, 0.25) is 5.95 Å². The Morgan fingerprint density at radius 3 is 2.63 bits per heavy atom. The Morgan fingerprint density at radius 1 is 1.06 bits per heavy atom. The lowest BCUT2D eigenvalue weighted by atomic mass is 9.95. The van der Waals surface area contributed by atoms with Gasteiger partial charge in [-0.3, -0.25) is 14.5 Å². The zero-order valence-corrected chi connectivity index (χ0v) is 19.5. The Hall–Kier alpha value is -4.39. The van der Waals surface area contributed by atoms with Crippen molar-refractivity contribution in [1.82, 2.24) is 9.97 Å². The number of H-pyrrole nitrogens is 1. The van der Waals surface area contributed by atoms with Crippen molar-refractivity contribution < 1.29 is 19.4 Å². The van der Waals surface area contributed by atoms with Gasteiger partial charge in [-0.15, -0.1) is 0 Å². The summed E-state index contributed by atoms with van der Waals surface area (Å²) in [5, 5.41) is 11.3. The molecule has 5 rings (SSSR count). The lowest BCUT2D eigenvalue weighted by Gasteiger charge is -2.23. The quantitative estimate of drug-likeness (QED) is 0.228. The number of hydrogen-bond donors (Lipinski definition) is 2. The van der Waals surface area contributed by atoms with Gasteiger partial charge in [0, 0.05) is 5.56 Å². The first-order valence-electron chi connectivity index (χ1n) is 11.5. The molecule has 35 heavy (non-hydrogen) atoms. The predicted octanol–water partition coefficient (Wildman–Crippen LogP) is 5.29. The molecule has 1 aliphatic rings. The number of hydrogen-bond acceptors (Lipinski definition) is 5. The van der Waals surface area contributed by atoms with Gasteiger partial charge in [-0.25, -0.2) is 4.98 Å². The number of Topliss-reactive ketones (excluding diaryl/α,β-unsaturated/α-hetero) is 1. The number of aromatic amines is 1. The first kappa shape index (κ1) is 22.4. The number of aliphatic hydroxyl groups is 1. The molecular weight excluding hydrogens is 442 g/mol. The summed E-state index contributed by atoms with van der Waals surface area (Å²) >= 11 is 0. The second-order valence-electron chi connectivity index (χ2n) is 8.54. The van der Waals surface area contributed by atoms with E-state index in [4.69, 9.17) is 4.74 Å². The Labute approximate surface area is 202 Å². The van der Waals surface area contributed by atoms with E-state index >= 15 is 0 Å². The molecule has 1 fully saturated rings. The first-order valence-corrected chi connectivity index (χ1v) is 11.5. The Balaban J connectivity index is 1.67. The highest BCUT2D eigenvalue weighted by atomic mass is 16.5. The average molecular weight is 468 g/mol. The van der Waals surface area contributed by atoms with Gasteiger partial charge in [-0.05, 0) is 48.7 Å². The second kappa shape index (κ2) is 9.10. The van der Waals surface area contributed by atoms with Gasteiger partial charge in [0.15, 0.2) is 0 Å². The van der Waals surface area contributed by atoms with Crippen LogP contribution in [-0.2, 0) is 9.59 Å². The molecule has 176 valence electrons. The molecular formula is C28H25N3O4. The number of ketones is 1. The number of aromatic nitrogens is 2. The van der Waals surface area contributed by atoms with Gasteiger partial charge in [0.25, 0.3) is 5.78 Å². The van der Waals surface area contributed by atoms with E-state index < -0.39 is 17.7 Å². The SMILES string of the molecule is CCCOc1cccc(/C(O)=C2\C(=O)C(=O)N(c3nc4ccc(C)cc4[nH]3)C2c2ccccc2)c1. The Bertz CT molecular complexity index is 1460. The van der Waals surface area contributed by atoms with Crippen LogP contribution in [0.1, 0.15) is 36.1 Å². The van der Waals surface area contributed by atoms with Gasteiger partial charge < -0.3 is 14.8 Å². The van der Waals surface area contributed by atoms with Crippen molar-refractivity contribution in [3.05, 3.63) is 95.1 Å². The van der Waals surface area contributed by atoms with Crippen LogP contribution in [0.3, 0.4) is 0 Å². The molecule has 2 heterocycles. The third-order valence-electron chi connectivity index (χ3n) is 5.99. The molecule has 0 aliphatic carbocycles. The average Bonchev–Trinajstić information content (AvgIpc) is 3.40. The molecule has 0 spiro atoms. The van der Waals surface area contributed by atoms with Crippen LogP contribution in [-0.4, -0.2) is 33.4 Å². The summed E-state index contributed by atoms with van der Waals surface area (Å²) in [7, 11) is 0. The summed E-state index contributed by atoms with van der Waals surface area (Å²) in [6, 6.07) is 20.9. The van der Waals surface area contributed by atoms with Crippen molar-refractivity contribution in [2.75, 3.05) is 11.5 Å². The number of aliphatic hydroxyl groups excluding tert-OH is 1. The summed E-state index contributed by atoms with van der Waals surface area (Å²) in [5.41, 5.74) is 3.57. The summed E-state index contributed by atoms with van der Waals surface area (Å²) in [6.07, 6.45) is 0.840. The number of benzene rings is 3. The second-order valence-corrected chi connectivity index (χ2v) is 8.54. The summed E-state index contributed by atoms with van der Waals surface area (Å²) in [5.74, 6) is -0.953. The lowest BCUT2D eigenvalue weighted by Crippen LogP contribution is -2.30. The monoisotopic (exact) mass is 467 g/mol. The standard InChI is InChI=1S/C28H25N3O4/c1-3-14-35-20-11-7-10-19(16-20)25(32)23-24(18-8-5-4-6-9-18)31(27(34)26(23)33)28-29-21-13-12-17(2)15-22(21)30-28/h4-13,15-16,24,32H,3,14H2,1-2H3,(H,29,30)/b25-23+. The molecule has 3 aromatic carbocycles. The number of carbonyl (C=O) groups is 2. The highest BCUT2D eigenvalue weighted by molar-refractivity contribution is 6.51. The number of carbonyl (C=O) groups excluding carboxylic acids is 2. The molecule has 7 heteroatoms. The topological polar surface area (TPSA) is 95.5 Å². The third-order valence-corrected chi connectivity index (χ3v) is 5.99. The van der Waals surface area contributed by atoms with E-state index in [1.165, 1.54) is 4.90 Å². The molecule has 0 bridgehead atoms. The zero-order valence-electron chi connectivity index (χ0n) is 19.5. The van der Waals surface area contributed by atoms with Crippen LogP contribution in [0, 0.1) is 6.92 Å². The van der Waals surface area contributed by atoms with E-state index in [0.29, 0.717) is 29.0 Å². The van der Waals surface area contributed by atoms with Gasteiger partial charge in [0.05, 0.1) is 29.3 Å². The predicted molar refractivity (Wildman–Crippen MR) is 134 cm³/mol. The van der Waals surface area contributed by atoms with Gasteiger partial charge in [-0.2, -0.15) is 0 Å².